The molecule has 1 atom stereocenters. The van der Waals surface area contributed by atoms with E-state index in [2.05, 4.69) is 42.4 Å². The van der Waals surface area contributed by atoms with Gasteiger partial charge in [0.2, 0.25) is 5.95 Å². The summed E-state index contributed by atoms with van der Waals surface area (Å²) in [5, 5.41) is 8.42. The van der Waals surface area contributed by atoms with Crippen LogP contribution < -0.4 is 4.90 Å². The average molecular weight is 340 g/mol. The van der Waals surface area contributed by atoms with Crippen LogP contribution in [0.3, 0.4) is 0 Å². The predicted octanol–water partition coefficient (Wildman–Crippen LogP) is 2.27. The molecule has 1 fully saturated rings. The monoisotopic (exact) mass is 340 g/mol. The minimum Gasteiger partial charge on any atom is -0.341 e. The fraction of sp³-hybridized carbons (Fsp3) is 0.750. The zero-order chi connectivity index (χ0) is 17.4. The Morgan fingerprint density at radius 2 is 2.00 bits per heavy atom. The summed E-state index contributed by atoms with van der Waals surface area (Å²) in [7, 11) is -3.15. The maximum atomic E-state index is 11.6. The summed E-state index contributed by atoms with van der Waals surface area (Å²) in [5.41, 5.74) is 1.20. The number of nitrogens with zero attached hydrogens (tertiary/aromatic N) is 4. The smallest absolute Gasteiger partial charge is 0.227 e. The van der Waals surface area contributed by atoms with Gasteiger partial charge in [-0.25, -0.2) is 8.42 Å². The quantitative estimate of drug-likeness (QED) is 0.769. The van der Waals surface area contributed by atoms with E-state index in [0.29, 0.717) is 18.3 Å². The van der Waals surface area contributed by atoms with Crippen LogP contribution in [0, 0.1) is 11.3 Å². The molecule has 0 saturated carbocycles. The summed E-state index contributed by atoms with van der Waals surface area (Å²) < 4.78 is 25.2. The molecular formula is C16H28N4O2S. The minimum atomic E-state index is -3.15. The molecule has 2 rings (SSSR count). The van der Waals surface area contributed by atoms with Gasteiger partial charge in [-0.15, -0.1) is 10.2 Å². The average Bonchev–Trinajstić information content (AvgIpc) is 2.94. The molecular weight excluding hydrogens is 312 g/mol. The Morgan fingerprint density at radius 3 is 2.48 bits per heavy atom. The third-order valence-electron chi connectivity index (χ3n) is 4.32. The molecule has 0 spiro atoms. The predicted molar refractivity (Wildman–Crippen MR) is 93.2 cm³/mol. The van der Waals surface area contributed by atoms with Crippen LogP contribution in [0.25, 0.3) is 0 Å². The fourth-order valence-electron chi connectivity index (χ4n) is 2.98. The Hall–Kier alpha value is -1.37. The van der Waals surface area contributed by atoms with Crippen LogP contribution in [-0.4, -0.2) is 42.5 Å². The third-order valence-corrected chi connectivity index (χ3v) is 5.11. The van der Waals surface area contributed by atoms with Gasteiger partial charge in [0.25, 0.3) is 0 Å². The summed E-state index contributed by atoms with van der Waals surface area (Å²) in [6.07, 6.45) is 2.34. The first-order valence-corrected chi connectivity index (χ1v) is 10.0. The van der Waals surface area contributed by atoms with Crippen LogP contribution in [0.15, 0.2) is 12.2 Å². The van der Waals surface area contributed by atoms with Crippen molar-refractivity contribution in [3.05, 3.63) is 18.0 Å². The van der Waals surface area contributed by atoms with Gasteiger partial charge in [0, 0.05) is 25.9 Å². The van der Waals surface area contributed by atoms with Crippen LogP contribution >= 0.6 is 0 Å². The van der Waals surface area contributed by atoms with Crippen molar-refractivity contribution in [2.45, 2.75) is 46.4 Å². The SMILES string of the molecule is C=C(C)Cn1c(CS(C)(=O)=O)nnc1N1CCC(C(C)(C)C)C1. The van der Waals surface area contributed by atoms with Crippen molar-refractivity contribution >= 4 is 15.8 Å². The van der Waals surface area contributed by atoms with Gasteiger partial charge in [0.05, 0.1) is 0 Å². The highest BCUT2D eigenvalue weighted by Gasteiger charge is 2.34. The van der Waals surface area contributed by atoms with E-state index in [9.17, 15) is 8.42 Å². The maximum Gasteiger partial charge on any atom is 0.227 e. The molecule has 0 bridgehead atoms. The largest absolute Gasteiger partial charge is 0.341 e. The molecule has 1 aliphatic heterocycles. The van der Waals surface area contributed by atoms with Crippen LogP contribution in [0.4, 0.5) is 5.95 Å². The van der Waals surface area contributed by atoms with Gasteiger partial charge >= 0.3 is 0 Å². The Morgan fingerprint density at radius 1 is 1.35 bits per heavy atom. The Bertz CT molecular complexity index is 685. The number of sulfone groups is 1. The van der Waals surface area contributed by atoms with Crippen molar-refractivity contribution in [2.24, 2.45) is 11.3 Å². The Balaban J connectivity index is 2.30. The molecule has 0 amide bonds. The molecule has 1 aromatic rings. The zero-order valence-corrected chi connectivity index (χ0v) is 15.7. The number of anilines is 1. The zero-order valence-electron chi connectivity index (χ0n) is 14.8. The first-order chi connectivity index (χ1) is 10.5. The lowest BCUT2D eigenvalue weighted by atomic mass is 9.80. The fourth-order valence-corrected chi connectivity index (χ4v) is 3.66. The summed E-state index contributed by atoms with van der Waals surface area (Å²) >= 11 is 0. The van der Waals surface area contributed by atoms with Gasteiger partial charge in [0.1, 0.15) is 11.6 Å². The summed E-state index contributed by atoms with van der Waals surface area (Å²) in [6.45, 7) is 15.0. The topological polar surface area (TPSA) is 68.1 Å². The number of allylic oxidation sites excluding steroid dienone is 1. The lowest BCUT2D eigenvalue weighted by molar-refractivity contribution is 0.263. The van der Waals surface area contributed by atoms with Crippen LogP contribution in [0.1, 0.15) is 39.9 Å². The number of aromatic nitrogens is 3. The lowest BCUT2D eigenvalue weighted by Gasteiger charge is -2.27. The molecule has 130 valence electrons. The number of hydrogen-bond acceptors (Lipinski definition) is 5. The Kier molecular flexibility index (Phi) is 4.89. The van der Waals surface area contributed by atoms with Crippen LogP contribution in [0.2, 0.25) is 0 Å². The molecule has 1 aromatic heterocycles. The van der Waals surface area contributed by atoms with E-state index in [1.807, 2.05) is 11.5 Å². The second kappa shape index (κ2) is 6.26. The van der Waals surface area contributed by atoms with Crippen molar-refractivity contribution in [2.75, 3.05) is 24.2 Å². The van der Waals surface area contributed by atoms with E-state index in [-0.39, 0.29) is 11.2 Å². The first-order valence-electron chi connectivity index (χ1n) is 7.96. The van der Waals surface area contributed by atoms with Gasteiger partial charge in [0.15, 0.2) is 9.84 Å². The van der Waals surface area contributed by atoms with Crippen molar-refractivity contribution in [1.29, 1.82) is 0 Å². The highest BCUT2D eigenvalue weighted by molar-refractivity contribution is 7.89. The standard InChI is InChI=1S/C16H28N4O2S/c1-12(2)9-20-14(11-23(6,21)22)17-18-15(20)19-8-7-13(10-19)16(3,4)5/h13H,1,7-11H2,2-6H3. The molecule has 0 aliphatic carbocycles. The van der Waals surface area contributed by atoms with E-state index in [1.54, 1.807) is 0 Å². The summed E-state index contributed by atoms with van der Waals surface area (Å²) in [4.78, 5) is 2.22. The molecule has 0 N–H and O–H groups in total. The highest BCUT2D eigenvalue weighted by atomic mass is 32.2. The number of rotatable bonds is 5. The highest BCUT2D eigenvalue weighted by Crippen LogP contribution is 2.35. The molecule has 0 radical (unpaired) electrons. The Labute approximate surface area is 139 Å². The van der Waals surface area contributed by atoms with Gasteiger partial charge < -0.3 is 4.90 Å². The van der Waals surface area contributed by atoms with E-state index < -0.39 is 9.84 Å². The van der Waals surface area contributed by atoms with Gasteiger partial charge in [-0.3, -0.25) is 4.57 Å². The second-order valence-corrected chi connectivity index (χ2v) is 9.97. The van der Waals surface area contributed by atoms with Crippen molar-refractivity contribution in [3.63, 3.8) is 0 Å². The van der Waals surface area contributed by atoms with E-state index >= 15 is 0 Å². The van der Waals surface area contributed by atoms with Crippen LogP contribution in [0.5, 0.6) is 0 Å². The van der Waals surface area contributed by atoms with Gasteiger partial charge in [-0.1, -0.05) is 32.9 Å². The van der Waals surface area contributed by atoms with Gasteiger partial charge in [-0.2, -0.15) is 0 Å². The molecule has 1 saturated heterocycles. The molecule has 23 heavy (non-hydrogen) atoms. The summed E-state index contributed by atoms with van der Waals surface area (Å²) in [5.74, 6) is 1.75. The van der Waals surface area contributed by atoms with Crippen molar-refractivity contribution < 1.29 is 8.42 Å². The van der Waals surface area contributed by atoms with Crippen LogP contribution in [-0.2, 0) is 22.1 Å². The minimum absolute atomic E-state index is 0.0934. The van der Waals surface area contributed by atoms with E-state index in [1.165, 1.54) is 6.26 Å². The maximum absolute atomic E-state index is 11.6. The molecule has 1 unspecified atom stereocenters. The molecule has 6 nitrogen and oxygen atoms in total. The molecule has 1 aliphatic rings. The van der Waals surface area contributed by atoms with Crippen molar-refractivity contribution in [1.82, 2.24) is 14.8 Å². The normalized spacial score (nSPS) is 19.3. The van der Waals surface area contributed by atoms with E-state index in [0.717, 1.165) is 31.0 Å². The van der Waals surface area contributed by atoms with Gasteiger partial charge in [-0.05, 0) is 24.7 Å². The second-order valence-electron chi connectivity index (χ2n) is 7.83. The molecule has 0 aromatic carbocycles. The first kappa shape index (κ1) is 18.0. The lowest BCUT2D eigenvalue weighted by Crippen LogP contribution is -2.28. The number of hydrogen-bond donors (Lipinski definition) is 0. The molecule has 7 heteroatoms. The third kappa shape index (κ3) is 4.56. The molecule has 2 heterocycles. The van der Waals surface area contributed by atoms with E-state index in [4.69, 9.17) is 0 Å². The summed E-state index contributed by atoms with van der Waals surface area (Å²) in [6, 6.07) is 0. The van der Waals surface area contributed by atoms with Crippen molar-refractivity contribution in [3.8, 4) is 0 Å².